The molecule has 0 unspecified atom stereocenters. The Morgan fingerprint density at radius 1 is 1.36 bits per heavy atom. The molecule has 1 heterocycles. The van der Waals surface area contributed by atoms with Gasteiger partial charge in [-0.15, -0.1) is 0 Å². The van der Waals surface area contributed by atoms with E-state index in [0.29, 0.717) is 6.54 Å². The molecule has 1 fully saturated rings. The molecule has 1 saturated carbocycles. The topological polar surface area (TPSA) is 46.1 Å². The van der Waals surface area contributed by atoms with E-state index in [4.69, 9.17) is 0 Å². The van der Waals surface area contributed by atoms with Gasteiger partial charge in [-0.3, -0.25) is 14.9 Å². The highest BCUT2D eigenvalue weighted by Gasteiger charge is 2.20. The summed E-state index contributed by atoms with van der Waals surface area (Å²) in [5.74, 6) is 0.816. The Bertz CT molecular complexity index is 290. The lowest BCUT2D eigenvalue weighted by molar-refractivity contribution is -0.116. The Morgan fingerprint density at radius 3 is 2.71 bits per heavy atom. The van der Waals surface area contributed by atoms with Gasteiger partial charge in [-0.1, -0.05) is 0 Å². The van der Waals surface area contributed by atoms with Crippen LogP contribution in [-0.2, 0) is 4.79 Å². The Hall–Kier alpha value is -1.29. The highest BCUT2D eigenvalue weighted by atomic mass is 16.2. The first-order chi connectivity index (χ1) is 6.84. The Labute approximate surface area is 83.3 Å². The third-order valence-electron chi connectivity index (χ3n) is 2.27. The van der Waals surface area contributed by atoms with Gasteiger partial charge in [-0.25, -0.2) is 0 Å². The largest absolute Gasteiger partial charge is 0.308 e. The highest BCUT2D eigenvalue weighted by Crippen LogP contribution is 2.27. The summed E-state index contributed by atoms with van der Waals surface area (Å²) in [5, 5.41) is 3.13. The van der Waals surface area contributed by atoms with Crippen LogP contribution in [0.4, 0.5) is 0 Å². The lowest BCUT2D eigenvalue weighted by atomic mass is 10.4. The molecule has 0 bridgehead atoms. The van der Waals surface area contributed by atoms with Gasteiger partial charge in [0.15, 0.2) is 0 Å². The van der Waals surface area contributed by atoms with E-state index in [-0.39, 0.29) is 5.91 Å². The Morgan fingerprint density at radius 2 is 2.07 bits per heavy atom. The van der Waals surface area contributed by atoms with Gasteiger partial charge in [0.2, 0.25) is 0 Å². The maximum atomic E-state index is 11.3. The second kappa shape index (κ2) is 4.28. The van der Waals surface area contributed by atoms with Crippen LogP contribution in [0.15, 0.2) is 24.5 Å². The van der Waals surface area contributed by atoms with Crippen molar-refractivity contribution in [3.8, 4) is 0 Å². The first-order valence-corrected chi connectivity index (χ1v) is 4.98. The number of amides is 1. The summed E-state index contributed by atoms with van der Waals surface area (Å²) >= 11 is 0. The summed E-state index contributed by atoms with van der Waals surface area (Å²) < 4.78 is 1.65. The monoisotopic (exact) mass is 193 g/mol. The fraction of sp³-hybridized carbons (Fsp3) is 0.500. The number of hydrogen-bond donors (Lipinski definition) is 2. The first kappa shape index (κ1) is 9.27. The van der Waals surface area contributed by atoms with E-state index in [2.05, 4.69) is 10.7 Å². The minimum atomic E-state index is 0.00171. The van der Waals surface area contributed by atoms with E-state index in [1.54, 1.807) is 17.1 Å². The number of carbonyl (C=O) groups excluding carboxylic acids is 1. The summed E-state index contributed by atoms with van der Waals surface area (Å²) in [6.45, 7) is 1.37. The lowest BCUT2D eigenvalue weighted by Gasteiger charge is -2.06. The van der Waals surface area contributed by atoms with Crippen LogP contribution in [0.5, 0.6) is 0 Å². The van der Waals surface area contributed by atoms with Crippen molar-refractivity contribution in [2.45, 2.75) is 12.8 Å². The molecule has 0 spiro atoms. The van der Waals surface area contributed by atoms with Crippen LogP contribution < -0.4 is 10.7 Å². The van der Waals surface area contributed by atoms with Crippen LogP contribution in [0.3, 0.4) is 0 Å². The van der Waals surface area contributed by atoms with E-state index in [1.165, 1.54) is 12.8 Å². The second-order valence-electron chi connectivity index (χ2n) is 3.70. The molecule has 1 aromatic rings. The number of rotatable bonds is 5. The van der Waals surface area contributed by atoms with Crippen LogP contribution >= 0.6 is 0 Å². The molecule has 2 rings (SSSR count). The van der Waals surface area contributed by atoms with E-state index in [0.717, 1.165) is 12.5 Å². The molecule has 1 aliphatic rings. The SMILES string of the molecule is O=C(CNCC1CC1)Nn1cccc1. The van der Waals surface area contributed by atoms with E-state index < -0.39 is 0 Å². The Balaban J connectivity index is 1.62. The summed E-state index contributed by atoms with van der Waals surface area (Å²) in [5.41, 5.74) is 2.73. The normalized spacial score (nSPS) is 15.4. The number of carbonyl (C=O) groups is 1. The van der Waals surface area contributed by atoms with Crippen LogP contribution in [0, 0.1) is 5.92 Å². The predicted octanol–water partition coefficient (Wildman–Crippen LogP) is 0.558. The molecule has 1 aliphatic carbocycles. The first-order valence-electron chi connectivity index (χ1n) is 4.98. The van der Waals surface area contributed by atoms with Crippen LogP contribution in [0.25, 0.3) is 0 Å². The van der Waals surface area contributed by atoms with E-state index in [9.17, 15) is 4.79 Å². The Kier molecular flexibility index (Phi) is 2.84. The van der Waals surface area contributed by atoms with Crippen molar-refractivity contribution in [2.75, 3.05) is 18.5 Å². The van der Waals surface area contributed by atoms with Crippen molar-refractivity contribution in [1.29, 1.82) is 0 Å². The van der Waals surface area contributed by atoms with Crippen molar-refractivity contribution in [2.24, 2.45) is 5.92 Å². The maximum absolute atomic E-state index is 11.3. The third kappa shape index (κ3) is 2.88. The molecule has 14 heavy (non-hydrogen) atoms. The quantitative estimate of drug-likeness (QED) is 0.717. The summed E-state index contributed by atoms with van der Waals surface area (Å²) in [4.78, 5) is 11.3. The molecule has 2 N–H and O–H groups in total. The fourth-order valence-electron chi connectivity index (χ4n) is 1.30. The smallest absolute Gasteiger partial charge is 0.252 e. The van der Waals surface area contributed by atoms with E-state index >= 15 is 0 Å². The van der Waals surface area contributed by atoms with Gasteiger partial charge in [-0.2, -0.15) is 0 Å². The third-order valence-corrected chi connectivity index (χ3v) is 2.27. The average molecular weight is 193 g/mol. The average Bonchev–Trinajstić information content (AvgIpc) is 2.83. The van der Waals surface area contributed by atoms with Crippen LogP contribution in [0.1, 0.15) is 12.8 Å². The van der Waals surface area contributed by atoms with Gasteiger partial charge in [0.25, 0.3) is 5.91 Å². The number of nitrogens with one attached hydrogen (secondary N) is 2. The lowest BCUT2D eigenvalue weighted by Crippen LogP contribution is -2.33. The molecule has 0 radical (unpaired) electrons. The van der Waals surface area contributed by atoms with Crippen molar-refractivity contribution in [3.63, 3.8) is 0 Å². The molecular formula is C10H15N3O. The molecule has 1 amide bonds. The van der Waals surface area contributed by atoms with Crippen molar-refractivity contribution >= 4 is 5.91 Å². The summed E-state index contributed by atoms with van der Waals surface area (Å²) in [6.07, 6.45) is 6.23. The van der Waals surface area contributed by atoms with Crippen LogP contribution in [-0.4, -0.2) is 23.7 Å². The molecular weight excluding hydrogens is 178 g/mol. The molecule has 76 valence electrons. The van der Waals surface area contributed by atoms with Gasteiger partial charge in [0.05, 0.1) is 6.54 Å². The van der Waals surface area contributed by atoms with Gasteiger partial charge in [0, 0.05) is 12.4 Å². The number of nitrogens with zero attached hydrogens (tertiary/aromatic N) is 1. The molecule has 0 atom stereocenters. The van der Waals surface area contributed by atoms with Gasteiger partial charge in [-0.05, 0) is 37.4 Å². The van der Waals surface area contributed by atoms with Gasteiger partial charge in [0.1, 0.15) is 0 Å². The molecule has 0 saturated heterocycles. The minimum absolute atomic E-state index is 0.00171. The van der Waals surface area contributed by atoms with Gasteiger partial charge < -0.3 is 5.32 Å². The van der Waals surface area contributed by atoms with Crippen molar-refractivity contribution in [3.05, 3.63) is 24.5 Å². The second-order valence-corrected chi connectivity index (χ2v) is 3.70. The summed E-state index contributed by atoms with van der Waals surface area (Å²) in [6, 6.07) is 3.75. The fourth-order valence-corrected chi connectivity index (χ4v) is 1.30. The molecule has 4 nitrogen and oxygen atoms in total. The molecule has 1 aromatic heterocycles. The summed E-state index contributed by atoms with van der Waals surface area (Å²) in [7, 11) is 0. The zero-order chi connectivity index (χ0) is 9.80. The predicted molar refractivity (Wildman–Crippen MR) is 54.4 cm³/mol. The van der Waals surface area contributed by atoms with Gasteiger partial charge >= 0.3 is 0 Å². The molecule has 4 heteroatoms. The zero-order valence-electron chi connectivity index (χ0n) is 8.07. The number of hydrogen-bond acceptors (Lipinski definition) is 2. The van der Waals surface area contributed by atoms with Crippen molar-refractivity contribution < 1.29 is 4.79 Å². The van der Waals surface area contributed by atoms with E-state index in [1.807, 2.05) is 12.1 Å². The maximum Gasteiger partial charge on any atom is 0.252 e. The minimum Gasteiger partial charge on any atom is -0.308 e. The zero-order valence-corrected chi connectivity index (χ0v) is 8.07. The standard InChI is InChI=1S/C10H15N3O/c14-10(8-11-7-9-3-4-9)12-13-5-1-2-6-13/h1-2,5-6,9,11H,3-4,7-8H2,(H,12,14). The van der Waals surface area contributed by atoms with Crippen molar-refractivity contribution in [1.82, 2.24) is 9.99 Å². The van der Waals surface area contributed by atoms with Crippen LogP contribution in [0.2, 0.25) is 0 Å². The molecule has 0 aromatic carbocycles. The number of aromatic nitrogens is 1. The molecule has 0 aliphatic heterocycles. The highest BCUT2D eigenvalue weighted by molar-refractivity contribution is 5.85.